The first-order valence-electron chi connectivity index (χ1n) is 25.0. The van der Waals surface area contributed by atoms with Gasteiger partial charge in [-0.2, -0.15) is 0 Å². The van der Waals surface area contributed by atoms with E-state index in [-0.39, 0.29) is 101 Å². The summed E-state index contributed by atoms with van der Waals surface area (Å²) in [5.41, 5.74) is 15.8. The molecular formula is C51H73N9O13. The van der Waals surface area contributed by atoms with Crippen molar-refractivity contribution in [3.8, 4) is 0 Å². The van der Waals surface area contributed by atoms with Crippen LogP contribution in [0, 0.1) is 11.8 Å². The van der Waals surface area contributed by atoms with Gasteiger partial charge in [0.1, 0.15) is 23.7 Å². The quantitative estimate of drug-likeness (QED) is 0.0189. The molecule has 5 atom stereocenters. The Bertz CT molecular complexity index is 2140. The molecule has 22 heteroatoms. The molecule has 0 spiro atoms. The van der Waals surface area contributed by atoms with Crippen LogP contribution in [0.25, 0.3) is 10.4 Å². The summed E-state index contributed by atoms with van der Waals surface area (Å²) in [6, 6.07) is 13.4. The molecule has 0 aliphatic heterocycles. The molecule has 400 valence electrons. The second kappa shape index (κ2) is 36.7. The Morgan fingerprint density at radius 3 is 1.71 bits per heavy atom. The Morgan fingerprint density at radius 1 is 0.548 bits per heavy atom. The molecule has 2 aromatic rings. The Kier molecular flexibility index (Phi) is 31.1. The first kappa shape index (κ1) is 61.9. The fourth-order valence-corrected chi connectivity index (χ4v) is 7.88. The third-order valence-electron chi connectivity index (χ3n) is 11.9. The molecule has 0 radical (unpaired) electrons. The van der Waals surface area contributed by atoms with Crippen molar-refractivity contribution in [1.82, 2.24) is 26.6 Å². The Morgan fingerprint density at radius 2 is 1.11 bits per heavy atom. The topological polar surface area (TPSA) is 366 Å². The van der Waals surface area contributed by atoms with E-state index < -0.39 is 78.6 Å². The minimum Gasteiger partial charge on any atom is -0.481 e. The molecule has 0 aliphatic carbocycles. The Labute approximate surface area is 425 Å². The second-order valence-corrected chi connectivity index (χ2v) is 17.9. The molecule has 2 aromatic carbocycles. The molecule has 0 fully saturated rings. The van der Waals surface area contributed by atoms with Gasteiger partial charge in [0, 0.05) is 81.3 Å². The molecule has 0 aromatic heterocycles. The number of rotatable bonds is 41. The van der Waals surface area contributed by atoms with Gasteiger partial charge in [0.25, 0.3) is 0 Å². The standard InChI is InChI=1S/C51H73N9O13/c52-27-12-11-19-37(33-40(62)26-30-56-60-53)47(67)55-29-14-21-44(63)43(32-36-17-8-5-9-18-36)57-48(68)38(31-35-15-6-4-7-16-35)34-39(61)20-10-2-1-3-13-28-54-45(64)24-22-41(49(69)70)58-51(73)59-42(50(71)72)23-25-46(65)66/h4-9,15-18,37-38,41-43H,1-3,10-14,19-34,52H2,(H,54,64)(H,55,67)(H,57,68)(H,65,66)(H,69,70)(H,71,72)(H2,58,59,73)/t37-,38-,41+,42+,43+/m1/s1. The van der Waals surface area contributed by atoms with Crippen molar-refractivity contribution >= 4 is 59.0 Å². The summed E-state index contributed by atoms with van der Waals surface area (Å²) in [7, 11) is 0. The summed E-state index contributed by atoms with van der Waals surface area (Å²) in [5, 5.41) is 43.5. The molecule has 0 saturated heterocycles. The zero-order chi connectivity index (χ0) is 53.8. The van der Waals surface area contributed by atoms with Crippen LogP contribution in [0.3, 0.4) is 0 Å². The average molecular weight is 1020 g/mol. The van der Waals surface area contributed by atoms with E-state index in [9.17, 15) is 58.2 Å². The van der Waals surface area contributed by atoms with Crippen LogP contribution in [0.2, 0.25) is 0 Å². The number of carbonyl (C=O) groups is 10. The van der Waals surface area contributed by atoms with Gasteiger partial charge in [0.15, 0.2) is 5.78 Å². The SMILES string of the molecule is [N-]=[N+]=NCCC(=O)C[C@@H](CCCCN)C(=O)NCCCC(=O)[C@H](Cc1ccccc1)NC(=O)[C@@H](CC(=O)CCCCCCCNC(=O)CC[C@H](NC(=O)N[C@@H](CCC(=O)O)C(=O)O)C(=O)O)Cc1ccccc1. The number of nitrogens with one attached hydrogen (secondary N) is 5. The minimum absolute atomic E-state index is 0.00282. The number of hydrogen-bond acceptors (Lipinski definition) is 12. The van der Waals surface area contributed by atoms with Crippen LogP contribution >= 0.6 is 0 Å². The van der Waals surface area contributed by atoms with Crippen LogP contribution in [-0.2, 0) is 56.0 Å². The van der Waals surface area contributed by atoms with Crippen LogP contribution in [-0.4, -0.2) is 119 Å². The molecule has 0 bridgehead atoms. The highest BCUT2D eigenvalue weighted by atomic mass is 16.4. The largest absolute Gasteiger partial charge is 0.481 e. The number of amides is 5. The highest BCUT2D eigenvalue weighted by molar-refractivity contribution is 5.92. The van der Waals surface area contributed by atoms with Gasteiger partial charge in [-0.15, -0.1) is 0 Å². The lowest BCUT2D eigenvalue weighted by Gasteiger charge is -2.23. The second-order valence-electron chi connectivity index (χ2n) is 17.9. The number of hydrogen-bond donors (Lipinski definition) is 9. The number of nitrogens with zero attached hydrogens (tertiary/aromatic N) is 3. The van der Waals surface area contributed by atoms with Gasteiger partial charge < -0.3 is 47.6 Å². The molecule has 5 amide bonds. The summed E-state index contributed by atoms with van der Waals surface area (Å²) in [4.78, 5) is 128. The van der Waals surface area contributed by atoms with Crippen molar-refractivity contribution < 1.29 is 63.3 Å². The number of carboxylic acids is 3. The van der Waals surface area contributed by atoms with E-state index in [0.717, 1.165) is 24.0 Å². The summed E-state index contributed by atoms with van der Waals surface area (Å²) >= 11 is 0. The maximum absolute atomic E-state index is 14.1. The number of benzene rings is 2. The summed E-state index contributed by atoms with van der Waals surface area (Å²) in [6.07, 6.45) is 4.72. The Balaban J connectivity index is 1.90. The van der Waals surface area contributed by atoms with Crippen LogP contribution in [0.5, 0.6) is 0 Å². The molecule has 0 heterocycles. The number of carboxylic acid groups (broad SMARTS) is 3. The molecule has 0 saturated carbocycles. The zero-order valence-electron chi connectivity index (χ0n) is 41.5. The number of nitrogens with two attached hydrogens (primary N) is 1. The van der Waals surface area contributed by atoms with Crippen LogP contribution in [0.15, 0.2) is 65.8 Å². The van der Waals surface area contributed by atoms with Crippen LogP contribution in [0.4, 0.5) is 4.79 Å². The number of aliphatic carboxylic acids is 3. The van der Waals surface area contributed by atoms with Crippen LogP contribution in [0.1, 0.15) is 127 Å². The lowest BCUT2D eigenvalue weighted by molar-refractivity contribution is -0.141. The summed E-state index contributed by atoms with van der Waals surface area (Å²) in [5.74, 6) is -7.29. The predicted molar refractivity (Wildman–Crippen MR) is 269 cm³/mol. The lowest BCUT2D eigenvalue weighted by atomic mass is 9.90. The molecule has 73 heavy (non-hydrogen) atoms. The lowest BCUT2D eigenvalue weighted by Crippen LogP contribution is -2.51. The third kappa shape index (κ3) is 28.4. The fourth-order valence-electron chi connectivity index (χ4n) is 7.88. The Hall–Kier alpha value is -7.19. The highest BCUT2D eigenvalue weighted by Crippen LogP contribution is 2.19. The van der Waals surface area contributed by atoms with Gasteiger partial charge in [-0.1, -0.05) is 91.5 Å². The van der Waals surface area contributed by atoms with Gasteiger partial charge in [-0.25, -0.2) is 14.4 Å². The maximum atomic E-state index is 14.1. The van der Waals surface area contributed by atoms with Gasteiger partial charge in [-0.3, -0.25) is 33.6 Å². The number of ketones is 3. The molecule has 2 rings (SSSR count). The number of Topliss-reactive ketones (excluding diaryl/α,β-unsaturated/α-hetero) is 3. The van der Waals surface area contributed by atoms with Crippen molar-refractivity contribution in [2.24, 2.45) is 22.7 Å². The first-order valence-corrected chi connectivity index (χ1v) is 25.0. The van der Waals surface area contributed by atoms with Crippen molar-refractivity contribution in [1.29, 1.82) is 0 Å². The number of urea groups is 1. The van der Waals surface area contributed by atoms with Crippen molar-refractivity contribution in [3.05, 3.63) is 82.2 Å². The van der Waals surface area contributed by atoms with Gasteiger partial charge in [-0.05, 0) is 81.0 Å². The summed E-state index contributed by atoms with van der Waals surface area (Å²) < 4.78 is 0. The van der Waals surface area contributed by atoms with Gasteiger partial charge in [0.05, 0.1) is 6.04 Å². The summed E-state index contributed by atoms with van der Waals surface area (Å²) in [6.45, 7) is 0.929. The highest BCUT2D eigenvalue weighted by Gasteiger charge is 2.29. The van der Waals surface area contributed by atoms with Crippen LogP contribution < -0.4 is 32.3 Å². The minimum atomic E-state index is -1.56. The number of unbranched alkanes of at least 4 members (excludes halogenated alkanes) is 5. The first-order chi connectivity index (χ1) is 35.0. The van der Waals surface area contributed by atoms with Gasteiger partial charge in [0.2, 0.25) is 17.7 Å². The smallest absolute Gasteiger partial charge is 0.326 e. The number of azide groups is 1. The van der Waals surface area contributed by atoms with Crippen molar-refractivity contribution in [2.45, 2.75) is 147 Å². The van der Waals surface area contributed by atoms with Crippen molar-refractivity contribution in [3.63, 3.8) is 0 Å². The van der Waals surface area contributed by atoms with E-state index in [0.29, 0.717) is 51.6 Å². The fraction of sp³-hybridized carbons (Fsp3) is 0.569. The van der Waals surface area contributed by atoms with E-state index in [1.807, 2.05) is 66.0 Å². The third-order valence-corrected chi connectivity index (χ3v) is 11.9. The molecular weight excluding hydrogens is 947 g/mol. The molecule has 0 aliphatic rings. The van der Waals surface area contributed by atoms with Crippen molar-refractivity contribution in [2.75, 3.05) is 26.2 Å². The normalized spacial score (nSPS) is 12.8. The zero-order valence-corrected chi connectivity index (χ0v) is 41.5. The molecule has 10 N–H and O–H groups in total. The monoisotopic (exact) mass is 1020 g/mol. The van der Waals surface area contributed by atoms with E-state index in [1.165, 1.54) is 0 Å². The van der Waals surface area contributed by atoms with E-state index in [4.69, 9.17) is 16.4 Å². The number of carbonyl (C=O) groups excluding carboxylic acids is 7. The molecule has 0 unspecified atom stereocenters. The van der Waals surface area contributed by atoms with E-state index >= 15 is 0 Å². The maximum Gasteiger partial charge on any atom is 0.326 e. The molecule has 22 nitrogen and oxygen atoms in total. The van der Waals surface area contributed by atoms with Gasteiger partial charge >= 0.3 is 23.9 Å². The van der Waals surface area contributed by atoms with E-state index in [2.05, 4.69) is 31.3 Å². The predicted octanol–water partition coefficient (Wildman–Crippen LogP) is 4.71. The van der Waals surface area contributed by atoms with E-state index in [1.54, 1.807) is 0 Å². The average Bonchev–Trinajstić information content (AvgIpc) is 3.35.